The lowest BCUT2D eigenvalue weighted by Crippen LogP contribution is -2.49. The number of sulfonamides is 1. The number of alkyl halides is 3. The van der Waals surface area contributed by atoms with Crippen molar-refractivity contribution in [2.24, 2.45) is 29.1 Å². The van der Waals surface area contributed by atoms with E-state index in [9.17, 15) is 40.4 Å². The van der Waals surface area contributed by atoms with Crippen LogP contribution in [0.15, 0.2) is 36.5 Å². The third-order valence-electron chi connectivity index (χ3n) is 12.5. The molecule has 2 aromatic rings. The second kappa shape index (κ2) is 16.3. The standard InChI is InChI=1S/C42H53F4N3O9S/c1-7-25-16-24(2)10-8-9-11-26-20-41(26,38(53)48-59(54,55)40(5)14-15-40)21-33(50)32-18-28(57-36-31-17-27(43)12-13-29(31)34(56-6)22-47-36)23-49(32)37(52)30(25)19-35(51)58-39(3,4)42(44,45)46/h9,11-13,17,22,24-26,28,30,32H,7-8,10,14-16,18-21,23H2,1-6H3,(H,48,53)/b11-9-/t24-,25+,26+,28+,30-,32-,41+/m0/s1/i5D3. The number of Topliss-reactive ketones (excluding diaryl/α,β-unsaturated/α-hetero) is 1. The number of carbonyl (C=O) groups excluding carboxylic acids is 4. The van der Waals surface area contributed by atoms with Gasteiger partial charge in [-0.2, -0.15) is 13.2 Å². The number of amides is 2. The second-order valence-electron chi connectivity index (χ2n) is 17.1. The number of nitrogens with zero attached hydrogens (tertiary/aromatic N) is 2. The van der Waals surface area contributed by atoms with E-state index in [0.717, 1.165) is 0 Å². The lowest BCUT2D eigenvalue weighted by Gasteiger charge is -2.34. The predicted octanol–water partition coefficient (Wildman–Crippen LogP) is 6.99. The maximum atomic E-state index is 15.0. The molecule has 3 heterocycles. The first-order valence-corrected chi connectivity index (χ1v) is 21.4. The molecule has 1 aromatic carbocycles. The van der Waals surface area contributed by atoms with Crippen LogP contribution in [0, 0.1) is 34.9 Å². The number of aromatic nitrogens is 1. The minimum Gasteiger partial charge on any atom is -0.494 e. The van der Waals surface area contributed by atoms with Crippen molar-refractivity contribution < 1.29 is 63.5 Å². The molecule has 0 radical (unpaired) electrons. The molecular weight excluding hydrogens is 799 g/mol. The smallest absolute Gasteiger partial charge is 0.427 e. The molecule has 2 aliphatic carbocycles. The average Bonchev–Trinajstić information content (AvgIpc) is 4.09. The van der Waals surface area contributed by atoms with Gasteiger partial charge in [0, 0.05) is 22.3 Å². The van der Waals surface area contributed by atoms with Crippen molar-refractivity contribution in [3.8, 4) is 11.6 Å². The fourth-order valence-electron chi connectivity index (χ4n) is 8.40. The van der Waals surface area contributed by atoms with Crippen molar-refractivity contribution in [2.75, 3.05) is 13.7 Å². The van der Waals surface area contributed by atoms with Gasteiger partial charge in [-0.25, -0.2) is 17.8 Å². The van der Waals surface area contributed by atoms with Crippen molar-refractivity contribution in [3.63, 3.8) is 0 Å². The van der Waals surface area contributed by atoms with Crippen LogP contribution in [-0.2, 0) is 33.9 Å². The normalized spacial score (nSPS) is 30.3. The molecule has 59 heavy (non-hydrogen) atoms. The number of fused-ring (bicyclic) bond motifs is 3. The van der Waals surface area contributed by atoms with Gasteiger partial charge in [0.2, 0.25) is 33.3 Å². The van der Waals surface area contributed by atoms with Crippen molar-refractivity contribution in [3.05, 3.63) is 42.4 Å². The van der Waals surface area contributed by atoms with E-state index in [-0.39, 0.29) is 49.4 Å². The van der Waals surface area contributed by atoms with Crippen LogP contribution < -0.4 is 14.2 Å². The average molecular weight is 855 g/mol. The van der Waals surface area contributed by atoms with Crippen molar-refractivity contribution >= 4 is 44.4 Å². The molecule has 17 heteroatoms. The Bertz CT molecular complexity index is 2230. The van der Waals surface area contributed by atoms with Crippen LogP contribution in [0.5, 0.6) is 11.6 Å². The Morgan fingerprint density at radius 3 is 2.51 bits per heavy atom. The molecule has 1 aromatic heterocycles. The first-order chi connectivity index (χ1) is 28.8. The van der Waals surface area contributed by atoms with Gasteiger partial charge in [-0.1, -0.05) is 32.4 Å². The number of methoxy groups -OCH3 is 1. The lowest BCUT2D eigenvalue weighted by molar-refractivity contribution is -0.257. The fraction of sp³-hybridized carbons (Fsp3) is 0.643. The van der Waals surface area contributed by atoms with E-state index in [1.165, 1.54) is 36.4 Å². The number of nitrogens with one attached hydrogen (secondary N) is 1. The SMILES string of the molecule is [2H]C([2H])([2H])C1(S(=O)(=O)NC(=O)[C@]23CC(=O)[C@@H]4C[C@@H](Oc5ncc(OC)c6ccc(F)cc56)CN4C(=O)[C@@H](CC(=O)OC(C)(C)C(F)(F)F)[C@H](CC)C[C@@H](C)CC/C=C\[C@@H]2C3)CC1. The lowest BCUT2D eigenvalue weighted by atomic mass is 9.79. The number of carbonyl (C=O) groups is 4. The van der Waals surface area contributed by atoms with E-state index in [4.69, 9.17) is 18.3 Å². The predicted molar refractivity (Wildman–Crippen MR) is 208 cm³/mol. The van der Waals surface area contributed by atoms with Crippen LogP contribution in [0.25, 0.3) is 10.8 Å². The summed E-state index contributed by atoms with van der Waals surface area (Å²) < 4.78 is 123. The molecule has 0 spiro atoms. The topological polar surface area (TPSA) is 158 Å². The summed E-state index contributed by atoms with van der Waals surface area (Å²) in [7, 11) is -3.34. The first-order valence-electron chi connectivity index (χ1n) is 21.4. The van der Waals surface area contributed by atoms with Crippen LogP contribution in [0.3, 0.4) is 0 Å². The molecular formula is C42H53F4N3O9S. The summed E-state index contributed by atoms with van der Waals surface area (Å²) in [6.45, 7) is 1.91. The zero-order chi connectivity index (χ0) is 45.8. The van der Waals surface area contributed by atoms with E-state index in [1.807, 2.05) is 17.7 Å². The Kier molecular flexibility index (Phi) is 11.1. The molecule has 3 fully saturated rings. The minimum atomic E-state index is -4.92. The van der Waals surface area contributed by atoms with Crippen molar-refractivity contribution in [1.29, 1.82) is 0 Å². The van der Waals surface area contributed by atoms with Crippen LogP contribution in [0.1, 0.15) is 103 Å². The third-order valence-corrected chi connectivity index (χ3v) is 14.4. The fourth-order valence-corrected chi connectivity index (χ4v) is 9.68. The number of halogens is 4. The molecule has 1 N–H and O–H groups in total. The Morgan fingerprint density at radius 1 is 1.14 bits per heavy atom. The summed E-state index contributed by atoms with van der Waals surface area (Å²) in [5.74, 6) is -6.57. The van der Waals surface area contributed by atoms with Gasteiger partial charge in [0.05, 0.1) is 53.8 Å². The molecule has 12 nitrogen and oxygen atoms in total. The summed E-state index contributed by atoms with van der Waals surface area (Å²) in [5.41, 5.74) is -4.51. The Hall–Kier alpha value is -4.28. The molecule has 1 saturated heterocycles. The molecule has 2 amide bonds. The zero-order valence-corrected chi connectivity index (χ0v) is 34.5. The first kappa shape index (κ1) is 40.1. The van der Waals surface area contributed by atoms with Crippen LogP contribution in [-0.4, -0.2) is 84.2 Å². The summed E-state index contributed by atoms with van der Waals surface area (Å²) in [6, 6.07) is 2.52. The number of hydrogen-bond donors (Lipinski definition) is 1. The highest BCUT2D eigenvalue weighted by molar-refractivity contribution is 7.91. The number of benzene rings is 1. The summed E-state index contributed by atoms with van der Waals surface area (Å²) >= 11 is 0. The van der Waals surface area contributed by atoms with E-state index in [1.54, 1.807) is 13.0 Å². The summed E-state index contributed by atoms with van der Waals surface area (Å²) in [5, 5.41) is 0.663. The second-order valence-corrected chi connectivity index (χ2v) is 19.1. The van der Waals surface area contributed by atoms with Gasteiger partial charge in [0.25, 0.3) is 0 Å². The Balaban J connectivity index is 1.39. The van der Waals surface area contributed by atoms with Gasteiger partial charge in [0.15, 0.2) is 5.78 Å². The number of esters is 1. The third kappa shape index (κ3) is 9.09. The zero-order valence-electron chi connectivity index (χ0n) is 36.7. The highest BCUT2D eigenvalue weighted by atomic mass is 32.2. The molecule has 7 atom stereocenters. The van der Waals surface area contributed by atoms with Crippen LogP contribution in [0.2, 0.25) is 0 Å². The van der Waals surface area contributed by atoms with Crippen molar-refractivity contribution in [1.82, 2.24) is 14.6 Å². The molecule has 0 unspecified atom stereocenters. The van der Waals surface area contributed by atoms with Crippen LogP contribution in [0.4, 0.5) is 17.6 Å². The van der Waals surface area contributed by atoms with Crippen LogP contribution >= 0.6 is 0 Å². The number of ketones is 1. The van der Waals surface area contributed by atoms with Gasteiger partial charge < -0.3 is 19.1 Å². The maximum absolute atomic E-state index is 15.0. The quantitative estimate of drug-likeness (QED) is 0.150. The molecule has 2 aliphatic heterocycles. The van der Waals surface area contributed by atoms with E-state index < -0.39 is 111 Å². The molecule has 6 rings (SSSR count). The molecule has 4 aliphatic rings. The summed E-state index contributed by atoms with van der Waals surface area (Å²) in [4.78, 5) is 62.8. The highest BCUT2D eigenvalue weighted by Gasteiger charge is 2.63. The van der Waals surface area contributed by atoms with Gasteiger partial charge in [-0.15, -0.1) is 0 Å². The van der Waals surface area contributed by atoms with Crippen molar-refractivity contribution in [2.45, 2.75) is 127 Å². The minimum absolute atomic E-state index is 0.0438. The van der Waals surface area contributed by atoms with E-state index in [2.05, 4.69) is 4.98 Å². The van der Waals surface area contributed by atoms with E-state index in [0.29, 0.717) is 50.7 Å². The molecule has 324 valence electrons. The monoisotopic (exact) mass is 854 g/mol. The highest BCUT2D eigenvalue weighted by Crippen LogP contribution is 2.58. The summed E-state index contributed by atoms with van der Waals surface area (Å²) in [6.07, 6.45) is -1.06. The number of allylic oxidation sites excluding steroid dienone is 2. The Morgan fingerprint density at radius 2 is 1.86 bits per heavy atom. The molecule has 0 bridgehead atoms. The van der Waals surface area contributed by atoms with Gasteiger partial charge in [0.1, 0.15) is 17.7 Å². The van der Waals surface area contributed by atoms with Gasteiger partial charge >= 0.3 is 12.1 Å². The maximum Gasteiger partial charge on any atom is 0.427 e. The number of hydrogen-bond acceptors (Lipinski definition) is 10. The number of pyridine rings is 1. The largest absolute Gasteiger partial charge is 0.494 e. The Labute approximate surface area is 346 Å². The number of rotatable bonds is 10. The van der Waals surface area contributed by atoms with E-state index >= 15 is 4.79 Å². The van der Waals surface area contributed by atoms with Gasteiger partial charge in [-0.05, 0) is 95.2 Å². The molecule has 2 saturated carbocycles. The number of ether oxygens (including phenoxy) is 3. The van der Waals surface area contributed by atoms with Gasteiger partial charge in [-0.3, -0.25) is 23.9 Å².